The van der Waals surface area contributed by atoms with Crippen molar-refractivity contribution in [2.24, 2.45) is 4.99 Å². The van der Waals surface area contributed by atoms with Gasteiger partial charge in [0.25, 0.3) is 0 Å². The molecule has 19 heavy (non-hydrogen) atoms. The van der Waals surface area contributed by atoms with Crippen molar-refractivity contribution >= 4 is 17.3 Å². The quantitative estimate of drug-likeness (QED) is 0.477. The lowest BCUT2D eigenvalue weighted by Crippen LogP contribution is -2.40. The van der Waals surface area contributed by atoms with E-state index in [1.54, 1.807) is 11.3 Å². The zero-order valence-corrected chi connectivity index (χ0v) is 12.3. The first-order valence-corrected chi connectivity index (χ1v) is 8.16. The maximum absolute atomic E-state index is 4.68. The second-order valence-electron chi connectivity index (χ2n) is 5.55. The smallest absolute Gasteiger partial charge is 0.191 e. The number of hydrogen-bond donors (Lipinski definition) is 2. The average molecular weight is 278 g/mol. The van der Waals surface area contributed by atoms with Crippen LogP contribution in [-0.4, -0.2) is 29.6 Å². The highest BCUT2D eigenvalue weighted by molar-refractivity contribution is 7.09. The number of guanidine groups is 1. The second kappa shape index (κ2) is 5.90. The van der Waals surface area contributed by atoms with Crippen LogP contribution in [0.25, 0.3) is 0 Å². The Labute approximate surface area is 118 Å². The Morgan fingerprint density at radius 2 is 2.00 bits per heavy atom. The third-order valence-corrected chi connectivity index (χ3v) is 4.35. The van der Waals surface area contributed by atoms with Crippen LogP contribution in [-0.2, 0) is 6.42 Å². The van der Waals surface area contributed by atoms with Gasteiger partial charge in [0.05, 0.1) is 5.01 Å². The fourth-order valence-electron chi connectivity index (χ4n) is 1.91. The van der Waals surface area contributed by atoms with Gasteiger partial charge in [0.1, 0.15) is 0 Å². The predicted octanol–water partition coefficient (Wildman–Crippen LogP) is 2.24. The van der Waals surface area contributed by atoms with Crippen molar-refractivity contribution in [2.45, 2.75) is 57.5 Å². The first-order valence-electron chi connectivity index (χ1n) is 7.28. The minimum atomic E-state index is 0.673. The van der Waals surface area contributed by atoms with E-state index < -0.39 is 0 Å². The van der Waals surface area contributed by atoms with Gasteiger partial charge in [-0.15, -0.1) is 11.3 Å². The van der Waals surface area contributed by atoms with E-state index in [-0.39, 0.29) is 0 Å². The van der Waals surface area contributed by atoms with Crippen LogP contribution >= 0.6 is 11.3 Å². The Morgan fingerprint density at radius 3 is 2.53 bits per heavy atom. The third-order valence-electron chi connectivity index (χ3n) is 3.32. The second-order valence-corrected chi connectivity index (χ2v) is 6.50. The van der Waals surface area contributed by atoms with Gasteiger partial charge in [-0.1, -0.05) is 0 Å². The number of thiazole rings is 1. The number of nitrogens with zero attached hydrogens (tertiary/aromatic N) is 2. The molecule has 2 aliphatic carbocycles. The van der Waals surface area contributed by atoms with Gasteiger partial charge in [0, 0.05) is 36.1 Å². The summed E-state index contributed by atoms with van der Waals surface area (Å²) in [6, 6.07) is 1.35. The van der Waals surface area contributed by atoms with E-state index >= 15 is 0 Å². The summed E-state index contributed by atoms with van der Waals surface area (Å²) < 4.78 is 0. The molecule has 0 saturated heterocycles. The lowest BCUT2D eigenvalue weighted by atomic mass is 10.3. The molecule has 5 heteroatoms. The summed E-state index contributed by atoms with van der Waals surface area (Å²) in [5.41, 5.74) is 1.13. The Morgan fingerprint density at radius 1 is 1.32 bits per heavy atom. The SMILES string of the molecule is Cc1csc(CCCN=C(NC2CC2)NC2CC2)n1. The highest BCUT2D eigenvalue weighted by atomic mass is 32.1. The molecule has 2 fully saturated rings. The fourth-order valence-corrected chi connectivity index (χ4v) is 2.73. The van der Waals surface area contributed by atoms with Crippen molar-refractivity contribution in [2.75, 3.05) is 6.54 Å². The van der Waals surface area contributed by atoms with Crippen LogP contribution in [0.5, 0.6) is 0 Å². The van der Waals surface area contributed by atoms with Crippen molar-refractivity contribution in [1.29, 1.82) is 0 Å². The molecule has 0 radical (unpaired) electrons. The standard InChI is InChI=1S/C14H22N4S/c1-10-9-19-13(16-10)3-2-8-15-14(17-11-4-5-11)18-12-6-7-12/h9,11-12H,2-8H2,1H3,(H2,15,17,18). The summed E-state index contributed by atoms with van der Waals surface area (Å²) in [6.45, 7) is 2.93. The van der Waals surface area contributed by atoms with Crippen LogP contribution in [0.2, 0.25) is 0 Å². The lowest BCUT2D eigenvalue weighted by molar-refractivity contribution is 0.767. The van der Waals surface area contributed by atoms with Gasteiger partial charge in [-0.2, -0.15) is 0 Å². The van der Waals surface area contributed by atoms with Crippen molar-refractivity contribution < 1.29 is 0 Å². The summed E-state index contributed by atoms with van der Waals surface area (Å²) in [5, 5.41) is 10.3. The van der Waals surface area contributed by atoms with E-state index in [2.05, 4.69) is 32.9 Å². The Bertz CT molecular complexity index is 430. The van der Waals surface area contributed by atoms with Crippen molar-refractivity contribution in [1.82, 2.24) is 15.6 Å². The normalized spacial score (nSPS) is 18.2. The first-order chi connectivity index (χ1) is 9.29. The van der Waals surface area contributed by atoms with Crippen molar-refractivity contribution in [3.63, 3.8) is 0 Å². The molecule has 1 aromatic heterocycles. The number of hydrogen-bond acceptors (Lipinski definition) is 3. The molecule has 0 unspecified atom stereocenters. The van der Waals surface area contributed by atoms with Crippen LogP contribution in [0.15, 0.2) is 10.4 Å². The van der Waals surface area contributed by atoms with Crippen molar-refractivity contribution in [3.05, 3.63) is 16.1 Å². The van der Waals surface area contributed by atoms with Crippen LogP contribution < -0.4 is 10.6 Å². The van der Waals surface area contributed by atoms with Crippen LogP contribution in [0.1, 0.15) is 42.8 Å². The van der Waals surface area contributed by atoms with Gasteiger partial charge in [0.2, 0.25) is 0 Å². The largest absolute Gasteiger partial charge is 0.354 e. The molecule has 2 aliphatic rings. The van der Waals surface area contributed by atoms with Crippen molar-refractivity contribution in [3.8, 4) is 0 Å². The fraction of sp³-hybridized carbons (Fsp3) is 0.714. The number of aromatic nitrogens is 1. The molecule has 0 aliphatic heterocycles. The zero-order chi connectivity index (χ0) is 13.1. The van der Waals surface area contributed by atoms with Gasteiger partial charge in [-0.25, -0.2) is 4.98 Å². The molecule has 1 aromatic rings. The molecule has 4 nitrogen and oxygen atoms in total. The molecule has 0 amide bonds. The molecule has 2 N–H and O–H groups in total. The monoisotopic (exact) mass is 278 g/mol. The summed E-state index contributed by atoms with van der Waals surface area (Å²) >= 11 is 1.76. The van der Waals surface area contributed by atoms with E-state index in [4.69, 9.17) is 0 Å². The molecule has 2 saturated carbocycles. The molecule has 0 atom stereocenters. The molecular formula is C14H22N4S. The average Bonchev–Trinajstić information content (AvgIpc) is 3.29. The third kappa shape index (κ3) is 4.49. The highest BCUT2D eigenvalue weighted by Gasteiger charge is 2.26. The van der Waals surface area contributed by atoms with E-state index in [0.717, 1.165) is 31.0 Å². The Kier molecular flexibility index (Phi) is 4.01. The molecule has 1 heterocycles. The Hall–Kier alpha value is -1.10. The van der Waals surface area contributed by atoms with E-state index in [0.29, 0.717) is 12.1 Å². The number of nitrogens with one attached hydrogen (secondary N) is 2. The van der Waals surface area contributed by atoms with Crippen LogP contribution in [0, 0.1) is 6.92 Å². The topological polar surface area (TPSA) is 49.3 Å². The summed E-state index contributed by atoms with van der Waals surface area (Å²) in [4.78, 5) is 9.16. The minimum Gasteiger partial charge on any atom is -0.354 e. The number of aliphatic imine (C=N–C) groups is 1. The lowest BCUT2D eigenvalue weighted by Gasteiger charge is -2.10. The summed E-state index contributed by atoms with van der Waals surface area (Å²) in [7, 11) is 0. The maximum atomic E-state index is 4.68. The Balaban J connectivity index is 1.42. The maximum Gasteiger partial charge on any atom is 0.191 e. The van der Waals surface area contributed by atoms with Gasteiger partial charge >= 0.3 is 0 Å². The molecular weight excluding hydrogens is 256 g/mol. The molecule has 104 valence electrons. The molecule has 0 aromatic carbocycles. The van der Waals surface area contributed by atoms with Gasteiger partial charge in [0.15, 0.2) is 5.96 Å². The zero-order valence-electron chi connectivity index (χ0n) is 11.5. The predicted molar refractivity (Wildman–Crippen MR) is 79.8 cm³/mol. The van der Waals surface area contributed by atoms with Gasteiger partial charge in [-0.3, -0.25) is 4.99 Å². The first kappa shape index (κ1) is 12.9. The van der Waals surface area contributed by atoms with Crippen LogP contribution in [0.3, 0.4) is 0 Å². The van der Waals surface area contributed by atoms with E-state index in [9.17, 15) is 0 Å². The van der Waals surface area contributed by atoms with E-state index in [1.165, 1.54) is 30.7 Å². The summed E-state index contributed by atoms with van der Waals surface area (Å²) in [5.74, 6) is 1.03. The molecule has 0 bridgehead atoms. The molecule has 3 rings (SSSR count). The minimum absolute atomic E-state index is 0.673. The summed E-state index contributed by atoms with van der Waals surface area (Å²) in [6.07, 6.45) is 7.30. The van der Waals surface area contributed by atoms with Crippen LogP contribution in [0.4, 0.5) is 0 Å². The highest BCUT2D eigenvalue weighted by Crippen LogP contribution is 2.21. The van der Waals surface area contributed by atoms with Gasteiger partial charge in [-0.05, 0) is 39.0 Å². The number of aryl methyl sites for hydroxylation is 2. The molecule has 0 spiro atoms. The number of rotatable bonds is 6. The van der Waals surface area contributed by atoms with Gasteiger partial charge < -0.3 is 10.6 Å². The van der Waals surface area contributed by atoms with E-state index in [1.807, 2.05) is 0 Å².